The van der Waals surface area contributed by atoms with Crippen molar-refractivity contribution in [2.45, 2.75) is 34.4 Å². The minimum Gasteiger partial charge on any atom is -0.289 e. The molecular formula is C23H24F3N3. The van der Waals surface area contributed by atoms with Crippen molar-refractivity contribution in [3.05, 3.63) is 71.6 Å². The number of nitrogens with zero attached hydrogens (tertiary/aromatic N) is 3. The minimum atomic E-state index is -0.524. The Hall–Kier alpha value is -3.15. The highest BCUT2D eigenvalue weighted by Gasteiger charge is 2.18. The lowest BCUT2D eigenvalue weighted by Crippen LogP contribution is -1.99. The Morgan fingerprint density at radius 2 is 1.66 bits per heavy atom. The van der Waals surface area contributed by atoms with E-state index in [1.54, 1.807) is 6.07 Å². The number of hydrogen-bond acceptors (Lipinski definition) is 2. The molecule has 0 saturated carbocycles. The number of rotatable bonds is 3. The molecule has 0 saturated heterocycles. The van der Waals surface area contributed by atoms with Crippen LogP contribution >= 0.6 is 0 Å². The molecule has 0 atom stereocenters. The van der Waals surface area contributed by atoms with Crippen molar-refractivity contribution in [2.75, 3.05) is 0 Å². The van der Waals surface area contributed by atoms with E-state index in [2.05, 4.69) is 11.0 Å². The van der Waals surface area contributed by atoms with Gasteiger partial charge in [0.05, 0.1) is 27.9 Å². The van der Waals surface area contributed by atoms with Crippen LogP contribution in [0.3, 0.4) is 0 Å². The molecule has 6 heteroatoms. The fraction of sp³-hybridized carbons (Fsp3) is 0.217. The van der Waals surface area contributed by atoms with Crippen LogP contribution in [0.1, 0.15) is 36.4 Å². The van der Waals surface area contributed by atoms with Crippen molar-refractivity contribution >= 4 is 22.6 Å². The summed E-state index contributed by atoms with van der Waals surface area (Å²) in [7, 11) is 0. The Kier molecular flexibility index (Phi) is 7.53. The van der Waals surface area contributed by atoms with E-state index >= 15 is 0 Å². The molecule has 0 amide bonds. The molecule has 4 aromatic rings. The summed E-state index contributed by atoms with van der Waals surface area (Å²) in [5.74, 6) is 0.748. The molecule has 0 N–H and O–H groups in total. The van der Waals surface area contributed by atoms with Crippen molar-refractivity contribution in [1.29, 1.82) is 0 Å². The Balaban J connectivity index is 0.000000707. The normalized spacial score (nSPS) is 10.2. The number of aryl methyl sites for hydroxylation is 2. The molecule has 0 bridgehead atoms. The second-order valence-corrected chi connectivity index (χ2v) is 6.15. The monoisotopic (exact) mass is 399 g/mol. The molecule has 4 rings (SSSR count). The Morgan fingerprint density at radius 3 is 2.31 bits per heavy atom. The summed E-state index contributed by atoms with van der Waals surface area (Å²) in [6, 6.07) is 13.5. The molecule has 0 aliphatic rings. The van der Waals surface area contributed by atoms with E-state index in [1.807, 2.05) is 70.2 Å². The first-order chi connectivity index (χ1) is 14.1. The van der Waals surface area contributed by atoms with Gasteiger partial charge in [-0.25, -0.2) is 14.4 Å². The van der Waals surface area contributed by atoms with Gasteiger partial charge in [-0.2, -0.15) is 0 Å². The second-order valence-electron chi connectivity index (χ2n) is 6.15. The second kappa shape index (κ2) is 9.87. The van der Waals surface area contributed by atoms with Crippen molar-refractivity contribution in [3.63, 3.8) is 0 Å². The maximum absolute atomic E-state index is 13.5. The number of hydrogen-bond donors (Lipinski definition) is 0. The maximum atomic E-state index is 13.5. The molecule has 2 aromatic carbocycles. The third-order valence-corrected chi connectivity index (χ3v) is 4.56. The molecule has 2 aromatic heterocycles. The first kappa shape index (κ1) is 22.1. The topological polar surface area (TPSA) is 30.2 Å². The summed E-state index contributed by atoms with van der Waals surface area (Å²) in [5.41, 5.74) is 7.05. The quantitative estimate of drug-likeness (QED) is 0.366. The van der Waals surface area contributed by atoms with Crippen molar-refractivity contribution < 1.29 is 13.5 Å². The zero-order valence-corrected chi connectivity index (χ0v) is 17.0. The summed E-state index contributed by atoms with van der Waals surface area (Å²) >= 11 is 0. The van der Waals surface area contributed by atoms with Crippen molar-refractivity contribution in [1.82, 2.24) is 14.4 Å². The van der Waals surface area contributed by atoms with Crippen LogP contribution in [0.4, 0.5) is 13.5 Å². The average Bonchev–Trinajstić information content (AvgIpc) is 3.14. The van der Waals surface area contributed by atoms with Gasteiger partial charge < -0.3 is 0 Å². The third-order valence-electron chi connectivity index (χ3n) is 4.56. The van der Waals surface area contributed by atoms with Gasteiger partial charge in [0.2, 0.25) is 0 Å². The van der Waals surface area contributed by atoms with Gasteiger partial charge in [-0.1, -0.05) is 56.8 Å². The first-order valence-electron chi connectivity index (χ1n) is 9.34. The highest BCUT2D eigenvalue weighted by molar-refractivity contribution is 5.85. The lowest BCUT2D eigenvalue weighted by Gasteiger charge is -2.10. The molecule has 2 heterocycles. The SMILES string of the molecule is C=Cc1ccc2nc(C)c3c(C)nc(-c4ccccc4CF)n3c2c1.CC.FF. The number of fused-ring (bicyclic) bond motifs is 3. The molecule has 0 spiro atoms. The standard InChI is InChI=1S/C21H18FN3.C2H6.F2/c1-4-15-9-10-18-19(11-15)25-20(13(2)23-18)14(3)24-21(25)17-8-6-5-7-16(17)12-22;2*1-2/h4-11H,1,12H2,2-3H3;1-2H3;. The molecule has 0 aliphatic carbocycles. The summed E-state index contributed by atoms with van der Waals surface area (Å²) in [6.45, 7) is 11.3. The fourth-order valence-corrected chi connectivity index (χ4v) is 3.40. The zero-order chi connectivity index (χ0) is 21.6. The lowest BCUT2D eigenvalue weighted by atomic mass is 10.1. The van der Waals surface area contributed by atoms with E-state index in [0.717, 1.165) is 44.9 Å². The number of alkyl halides is 1. The molecule has 152 valence electrons. The molecule has 29 heavy (non-hydrogen) atoms. The van der Waals surface area contributed by atoms with Crippen LogP contribution in [0.15, 0.2) is 49.0 Å². The van der Waals surface area contributed by atoms with Gasteiger partial charge in [0.25, 0.3) is 0 Å². The predicted molar refractivity (Wildman–Crippen MR) is 114 cm³/mol. The van der Waals surface area contributed by atoms with E-state index in [-0.39, 0.29) is 0 Å². The van der Waals surface area contributed by atoms with Crippen LogP contribution in [0.5, 0.6) is 0 Å². The van der Waals surface area contributed by atoms with Crippen LogP contribution in [-0.4, -0.2) is 14.4 Å². The smallest absolute Gasteiger partial charge is 0.145 e. The summed E-state index contributed by atoms with van der Waals surface area (Å²) in [5, 5.41) is 0. The molecule has 0 aliphatic heterocycles. The highest BCUT2D eigenvalue weighted by Crippen LogP contribution is 2.31. The minimum absolute atomic E-state index is 0.524. The van der Waals surface area contributed by atoms with Crippen LogP contribution < -0.4 is 0 Å². The molecule has 3 nitrogen and oxygen atoms in total. The maximum Gasteiger partial charge on any atom is 0.145 e. The Morgan fingerprint density at radius 1 is 1.00 bits per heavy atom. The van der Waals surface area contributed by atoms with Gasteiger partial charge in [0.1, 0.15) is 12.5 Å². The van der Waals surface area contributed by atoms with Crippen LogP contribution in [0.2, 0.25) is 0 Å². The summed E-state index contributed by atoms with van der Waals surface area (Å²) in [6.07, 6.45) is 1.81. The van der Waals surface area contributed by atoms with Gasteiger partial charge in [-0.05, 0) is 37.1 Å². The molecular weight excluding hydrogens is 375 g/mol. The number of halogens is 3. The van der Waals surface area contributed by atoms with Crippen molar-refractivity contribution in [3.8, 4) is 11.4 Å². The number of benzene rings is 2. The van der Waals surface area contributed by atoms with E-state index in [9.17, 15) is 4.39 Å². The largest absolute Gasteiger partial charge is 0.289 e. The first-order valence-corrected chi connectivity index (χ1v) is 9.34. The third kappa shape index (κ3) is 4.01. The number of aromatic nitrogens is 3. The van der Waals surface area contributed by atoms with Crippen LogP contribution in [0.25, 0.3) is 34.0 Å². The zero-order valence-electron chi connectivity index (χ0n) is 17.0. The molecule has 0 fully saturated rings. The van der Waals surface area contributed by atoms with Crippen LogP contribution in [-0.2, 0) is 6.67 Å². The molecule has 0 unspecified atom stereocenters. The molecule has 0 radical (unpaired) electrons. The average molecular weight is 399 g/mol. The van der Waals surface area contributed by atoms with Crippen LogP contribution in [0, 0.1) is 13.8 Å². The highest BCUT2D eigenvalue weighted by atomic mass is 20.0. The Bertz CT molecular complexity index is 1130. The Labute approximate surface area is 168 Å². The fourth-order valence-electron chi connectivity index (χ4n) is 3.40. The van der Waals surface area contributed by atoms with Gasteiger partial charge in [-0.3, -0.25) is 4.40 Å². The van der Waals surface area contributed by atoms with Crippen molar-refractivity contribution in [2.24, 2.45) is 0 Å². The van der Waals surface area contributed by atoms with Gasteiger partial charge in [0, 0.05) is 14.7 Å². The van der Waals surface area contributed by atoms with E-state index in [4.69, 9.17) is 19.1 Å². The van der Waals surface area contributed by atoms with E-state index in [1.165, 1.54) is 0 Å². The van der Waals surface area contributed by atoms with Gasteiger partial charge in [0.15, 0.2) is 0 Å². The summed E-state index contributed by atoms with van der Waals surface area (Å²) < 4.78 is 31.6. The van der Waals surface area contributed by atoms with E-state index < -0.39 is 6.67 Å². The van der Waals surface area contributed by atoms with E-state index in [0.29, 0.717) is 5.56 Å². The summed E-state index contributed by atoms with van der Waals surface area (Å²) in [4.78, 5) is 9.49. The predicted octanol–water partition coefficient (Wildman–Crippen LogP) is 7.15. The lowest BCUT2D eigenvalue weighted by molar-refractivity contribution is 0.108. The van der Waals surface area contributed by atoms with Gasteiger partial charge in [-0.15, -0.1) is 0 Å². The van der Waals surface area contributed by atoms with Gasteiger partial charge >= 0.3 is 0 Å². The number of imidazole rings is 1.